The van der Waals surface area contributed by atoms with Crippen LogP contribution in [0.5, 0.6) is 0 Å². The fraction of sp³-hybridized carbons (Fsp3) is 0.400. The third-order valence-corrected chi connectivity index (χ3v) is 1.73. The molecule has 0 amide bonds. The number of rotatable bonds is 4. The first-order valence-corrected chi connectivity index (χ1v) is 4.37. The number of hydrogen-bond donors (Lipinski definition) is 1. The van der Waals surface area contributed by atoms with Crippen LogP contribution in [0.2, 0.25) is 0 Å². The van der Waals surface area contributed by atoms with Crippen molar-refractivity contribution >= 4 is 0 Å². The molecule has 0 aliphatic heterocycles. The molecule has 12 heavy (non-hydrogen) atoms. The minimum absolute atomic E-state index is 0.159. The number of quaternary nitrogens is 1. The quantitative estimate of drug-likeness (QED) is 0.682. The molecule has 0 saturated heterocycles. The van der Waals surface area contributed by atoms with E-state index in [9.17, 15) is 0 Å². The van der Waals surface area contributed by atoms with Gasteiger partial charge in [0, 0.05) is 0 Å². The van der Waals surface area contributed by atoms with Crippen molar-refractivity contribution in [3.05, 3.63) is 36.3 Å². The Morgan fingerprint density at radius 3 is 3.08 bits per heavy atom. The Morgan fingerprint density at radius 2 is 2.50 bits per heavy atom. The lowest BCUT2D eigenvalue weighted by Gasteiger charge is -1.96. The van der Waals surface area contributed by atoms with Gasteiger partial charge in [0.1, 0.15) is 0 Å². The van der Waals surface area contributed by atoms with Crippen LogP contribution in [0.4, 0.5) is 0 Å². The monoisotopic (exact) mass is 166 g/mol. The van der Waals surface area contributed by atoms with Crippen molar-refractivity contribution in [2.75, 3.05) is 0 Å². The second kappa shape index (κ2) is 4.78. The highest BCUT2D eigenvalue weighted by atomic mass is 16.3. The summed E-state index contributed by atoms with van der Waals surface area (Å²) in [5.74, 6) is 0.933. The Balaban J connectivity index is 2.44. The minimum atomic E-state index is 0.159. The maximum absolute atomic E-state index is 5.21. The van der Waals surface area contributed by atoms with Crippen molar-refractivity contribution < 1.29 is 10.2 Å². The summed E-state index contributed by atoms with van der Waals surface area (Å²) in [5, 5.41) is 0. The predicted molar refractivity (Wildman–Crippen MR) is 48.4 cm³/mol. The molecule has 0 radical (unpaired) electrons. The van der Waals surface area contributed by atoms with Crippen LogP contribution in [-0.2, 0) is 0 Å². The number of furan rings is 1. The first kappa shape index (κ1) is 9.07. The molecule has 2 heteroatoms. The first-order chi connectivity index (χ1) is 5.84. The van der Waals surface area contributed by atoms with Gasteiger partial charge in [-0.25, -0.2) is 0 Å². The van der Waals surface area contributed by atoms with Crippen molar-refractivity contribution in [3.8, 4) is 0 Å². The van der Waals surface area contributed by atoms with Crippen molar-refractivity contribution in [2.24, 2.45) is 0 Å². The van der Waals surface area contributed by atoms with Gasteiger partial charge in [-0.3, -0.25) is 0 Å². The maximum atomic E-state index is 5.21. The van der Waals surface area contributed by atoms with Gasteiger partial charge in [0.2, 0.25) is 0 Å². The van der Waals surface area contributed by atoms with Gasteiger partial charge in [-0.15, -0.1) is 0 Å². The van der Waals surface area contributed by atoms with E-state index in [0.717, 1.165) is 12.2 Å². The molecule has 1 unspecified atom stereocenters. The summed E-state index contributed by atoms with van der Waals surface area (Å²) < 4.78 is 5.21. The molecule has 2 nitrogen and oxygen atoms in total. The molecule has 1 aromatic rings. The van der Waals surface area contributed by atoms with Crippen molar-refractivity contribution in [3.63, 3.8) is 0 Å². The van der Waals surface area contributed by atoms with E-state index < -0.39 is 0 Å². The van der Waals surface area contributed by atoms with E-state index in [1.807, 2.05) is 12.1 Å². The summed E-state index contributed by atoms with van der Waals surface area (Å²) >= 11 is 0. The zero-order chi connectivity index (χ0) is 8.81. The van der Waals surface area contributed by atoms with Crippen molar-refractivity contribution in [2.45, 2.75) is 25.8 Å². The second-order valence-corrected chi connectivity index (χ2v) is 2.84. The highest BCUT2D eigenvalue weighted by Gasteiger charge is 2.06. The molecule has 0 aliphatic carbocycles. The molecule has 1 aromatic heterocycles. The number of unbranched alkanes of at least 4 members (excludes halogenated alkanes) is 1. The van der Waals surface area contributed by atoms with Crippen molar-refractivity contribution in [1.82, 2.24) is 0 Å². The Hall–Kier alpha value is -1.02. The van der Waals surface area contributed by atoms with Gasteiger partial charge in [0.25, 0.3) is 0 Å². The SMILES string of the molecule is CCC/C=C/C([NH3+])c1ccco1. The zero-order valence-corrected chi connectivity index (χ0v) is 7.49. The molecule has 0 fully saturated rings. The summed E-state index contributed by atoms with van der Waals surface area (Å²) in [6.07, 6.45) is 8.22. The van der Waals surface area contributed by atoms with E-state index in [0.29, 0.717) is 0 Å². The Morgan fingerprint density at radius 1 is 1.67 bits per heavy atom. The molecule has 1 atom stereocenters. The van der Waals surface area contributed by atoms with Gasteiger partial charge in [-0.05, 0) is 24.6 Å². The molecule has 0 bridgehead atoms. The highest BCUT2D eigenvalue weighted by molar-refractivity contribution is 5.07. The van der Waals surface area contributed by atoms with Crippen LogP contribution < -0.4 is 5.73 Å². The summed E-state index contributed by atoms with van der Waals surface area (Å²) in [6, 6.07) is 4.00. The molecule has 1 heterocycles. The van der Waals surface area contributed by atoms with E-state index in [4.69, 9.17) is 4.42 Å². The standard InChI is InChI=1S/C10H15NO/c1-2-3-4-6-9(11)10-7-5-8-12-10/h4-9H,2-3,11H2,1H3/p+1/b6-4+. The van der Waals surface area contributed by atoms with E-state index in [2.05, 4.69) is 24.8 Å². The third-order valence-electron chi connectivity index (χ3n) is 1.73. The number of hydrogen-bond acceptors (Lipinski definition) is 1. The van der Waals surface area contributed by atoms with Crippen LogP contribution in [0, 0.1) is 0 Å². The smallest absolute Gasteiger partial charge is 0.165 e. The molecular weight excluding hydrogens is 150 g/mol. The Bertz CT molecular complexity index is 226. The lowest BCUT2D eigenvalue weighted by atomic mass is 10.2. The number of allylic oxidation sites excluding steroid dienone is 1. The maximum Gasteiger partial charge on any atom is 0.165 e. The molecule has 0 saturated carbocycles. The summed E-state index contributed by atoms with van der Waals surface area (Å²) in [4.78, 5) is 0. The summed E-state index contributed by atoms with van der Waals surface area (Å²) in [5.41, 5.74) is 3.97. The predicted octanol–water partition coefficient (Wildman–Crippen LogP) is 1.92. The van der Waals surface area contributed by atoms with Gasteiger partial charge in [-0.1, -0.05) is 19.4 Å². The normalized spacial score (nSPS) is 13.8. The van der Waals surface area contributed by atoms with Crippen molar-refractivity contribution in [1.29, 1.82) is 0 Å². The van der Waals surface area contributed by atoms with Gasteiger partial charge in [-0.2, -0.15) is 0 Å². The first-order valence-electron chi connectivity index (χ1n) is 4.37. The molecule has 1 rings (SSSR count). The van der Waals surface area contributed by atoms with Crippen LogP contribution in [0.1, 0.15) is 31.6 Å². The van der Waals surface area contributed by atoms with Crippen LogP contribution in [0.3, 0.4) is 0 Å². The minimum Gasteiger partial charge on any atom is -0.463 e. The lowest BCUT2D eigenvalue weighted by molar-refractivity contribution is -0.413. The molecule has 0 aliphatic rings. The van der Waals surface area contributed by atoms with Crippen LogP contribution in [0.25, 0.3) is 0 Å². The van der Waals surface area contributed by atoms with Crippen LogP contribution in [0.15, 0.2) is 35.0 Å². The molecule has 0 spiro atoms. The summed E-state index contributed by atoms with van der Waals surface area (Å²) in [7, 11) is 0. The molecule has 66 valence electrons. The third kappa shape index (κ3) is 2.55. The fourth-order valence-corrected chi connectivity index (χ4v) is 1.02. The lowest BCUT2D eigenvalue weighted by Crippen LogP contribution is -2.52. The molecule has 0 aromatic carbocycles. The van der Waals surface area contributed by atoms with E-state index in [1.54, 1.807) is 6.26 Å². The highest BCUT2D eigenvalue weighted by Crippen LogP contribution is 2.09. The van der Waals surface area contributed by atoms with Crippen LogP contribution >= 0.6 is 0 Å². The Labute approximate surface area is 73.1 Å². The van der Waals surface area contributed by atoms with Crippen LogP contribution in [-0.4, -0.2) is 0 Å². The fourth-order valence-electron chi connectivity index (χ4n) is 1.02. The average Bonchev–Trinajstić information content (AvgIpc) is 2.56. The summed E-state index contributed by atoms with van der Waals surface area (Å²) in [6.45, 7) is 2.16. The topological polar surface area (TPSA) is 40.8 Å². The molecular formula is C10H16NO+. The van der Waals surface area contributed by atoms with Gasteiger partial charge in [0.15, 0.2) is 11.8 Å². The van der Waals surface area contributed by atoms with Gasteiger partial charge < -0.3 is 10.2 Å². The van der Waals surface area contributed by atoms with E-state index in [1.165, 1.54) is 6.42 Å². The zero-order valence-electron chi connectivity index (χ0n) is 7.49. The van der Waals surface area contributed by atoms with E-state index >= 15 is 0 Å². The van der Waals surface area contributed by atoms with E-state index in [-0.39, 0.29) is 6.04 Å². The van der Waals surface area contributed by atoms with Gasteiger partial charge in [0.05, 0.1) is 6.26 Å². The largest absolute Gasteiger partial charge is 0.463 e. The Kier molecular flexibility index (Phi) is 3.61. The molecule has 3 N–H and O–H groups in total. The van der Waals surface area contributed by atoms with Gasteiger partial charge >= 0.3 is 0 Å². The second-order valence-electron chi connectivity index (χ2n) is 2.84. The average molecular weight is 166 g/mol.